The van der Waals surface area contributed by atoms with Crippen LogP contribution in [0.2, 0.25) is 0 Å². The Kier molecular flexibility index (Phi) is 2.80. The highest BCUT2D eigenvalue weighted by Gasteiger charge is 2.20. The minimum Gasteiger partial charge on any atom is -0.453 e. The molecule has 3 rings (SSSR count). The predicted octanol–water partition coefficient (Wildman–Crippen LogP) is 3.81. The van der Waals surface area contributed by atoms with E-state index in [0.29, 0.717) is 11.5 Å². The van der Waals surface area contributed by atoms with Gasteiger partial charge in [0.05, 0.1) is 0 Å². The van der Waals surface area contributed by atoms with Crippen molar-refractivity contribution in [2.45, 2.75) is 0 Å². The van der Waals surface area contributed by atoms with Gasteiger partial charge >= 0.3 is 0 Å². The summed E-state index contributed by atoms with van der Waals surface area (Å²) in [6.07, 6.45) is 0. The van der Waals surface area contributed by atoms with Crippen molar-refractivity contribution in [1.29, 1.82) is 0 Å². The van der Waals surface area contributed by atoms with E-state index in [4.69, 9.17) is 14.2 Å². The molecular formula is C13H9IO3. The number of halogens is 1. The van der Waals surface area contributed by atoms with Gasteiger partial charge in [0.15, 0.2) is 11.5 Å². The van der Waals surface area contributed by atoms with Crippen LogP contribution >= 0.6 is 22.6 Å². The van der Waals surface area contributed by atoms with Gasteiger partial charge in [-0.2, -0.15) is 0 Å². The number of para-hydroxylation sites is 1. The summed E-state index contributed by atoms with van der Waals surface area (Å²) in [4.78, 5) is 0. The third-order valence-corrected chi connectivity index (χ3v) is 3.00. The van der Waals surface area contributed by atoms with E-state index in [0.717, 1.165) is 15.1 Å². The predicted molar refractivity (Wildman–Crippen MR) is 71.8 cm³/mol. The van der Waals surface area contributed by atoms with E-state index < -0.39 is 0 Å². The van der Waals surface area contributed by atoms with Gasteiger partial charge in [-0.25, -0.2) is 0 Å². The van der Waals surface area contributed by atoms with E-state index in [1.807, 2.05) is 42.5 Å². The van der Waals surface area contributed by atoms with Gasteiger partial charge in [0.2, 0.25) is 12.5 Å². The highest BCUT2D eigenvalue weighted by molar-refractivity contribution is 14.1. The van der Waals surface area contributed by atoms with Crippen LogP contribution in [0.15, 0.2) is 42.5 Å². The summed E-state index contributed by atoms with van der Waals surface area (Å²) in [6, 6.07) is 13.5. The van der Waals surface area contributed by atoms with Crippen LogP contribution in [-0.4, -0.2) is 6.79 Å². The second-order valence-corrected chi connectivity index (χ2v) is 4.80. The molecule has 0 aliphatic carbocycles. The Morgan fingerprint density at radius 2 is 1.88 bits per heavy atom. The first-order chi connectivity index (χ1) is 8.33. The van der Waals surface area contributed by atoms with Crippen LogP contribution in [0.1, 0.15) is 0 Å². The Morgan fingerprint density at radius 1 is 1.06 bits per heavy atom. The average molecular weight is 340 g/mol. The molecule has 3 nitrogen and oxygen atoms in total. The number of fused-ring (bicyclic) bond motifs is 1. The Morgan fingerprint density at radius 3 is 2.71 bits per heavy atom. The molecule has 0 N–H and O–H groups in total. The molecule has 0 saturated heterocycles. The molecule has 0 fully saturated rings. The number of hydrogen-bond donors (Lipinski definition) is 0. The summed E-state index contributed by atoms with van der Waals surface area (Å²) in [5.41, 5.74) is 0. The number of benzene rings is 2. The van der Waals surface area contributed by atoms with Gasteiger partial charge in [-0.05, 0) is 46.9 Å². The van der Waals surface area contributed by atoms with Crippen molar-refractivity contribution in [3.63, 3.8) is 0 Å². The minimum atomic E-state index is 0.251. The van der Waals surface area contributed by atoms with E-state index in [1.165, 1.54) is 0 Å². The Balaban J connectivity index is 1.98. The van der Waals surface area contributed by atoms with Gasteiger partial charge in [0.1, 0.15) is 5.75 Å². The summed E-state index contributed by atoms with van der Waals surface area (Å²) in [5, 5.41) is 0. The van der Waals surface area contributed by atoms with E-state index in [2.05, 4.69) is 22.6 Å². The lowest BCUT2D eigenvalue weighted by Gasteiger charge is -2.08. The summed E-state index contributed by atoms with van der Waals surface area (Å²) >= 11 is 2.23. The van der Waals surface area contributed by atoms with Gasteiger partial charge in [0, 0.05) is 3.57 Å². The fraction of sp³-hybridized carbons (Fsp3) is 0.0769. The molecule has 1 heterocycles. The summed E-state index contributed by atoms with van der Waals surface area (Å²) < 4.78 is 17.6. The molecule has 1 aliphatic heterocycles. The first-order valence-corrected chi connectivity index (χ1v) is 6.23. The van der Waals surface area contributed by atoms with Crippen LogP contribution in [0.3, 0.4) is 0 Å². The molecule has 0 unspecified atom stereocenters. The molecule has 0 saturated carbocycles. The maximum atomic E-state index is 5.79. The average Bonchev–Trinajstić information content (AvgIpc) is 2.78. The molecule has 0 spiro atoms. The number of rotatable bonds is 2. The first kappa shape index (κ1) is 10.7. The molecule has 0 radical (unpaired) electrons. The molecule has 0 bridgehead atoms. The maximum absolute atomic E-state index is 5.79. The van der Waals surface area contributed by atoms with Crippen LogP contribution in [0.4, 0.5) is 0 Å². The fourth-order valence-corrected chi connectivity index (χ4v) is 2.20. The van der Waals surface area contributed by atoms with E-state index in [1.54, 1.807) is 0 Å². The summed E-state index contributed by atoms with van der Waals surface area (Å²) in [6.45, 7) is 0.251. The van der Waals surface area contributed by atoms with Crippen molar-refractivity contribution in [3.05, 3.63) is 46.0 Å². The lowest BCUT2D eigenvalue weighted by molar-refractivity contribution is 0.172. The van der Waals surface area contributed by atoms with Crippen LogP contribution in [0.5, 0.6) is 23.0 Å². The molecule has 1 aliphatic rings. The third-order valence-electron chi connectivity index (χ3n) is 2.37. The van der Waals surface area contributed by atoms with Gasteiger partial charge in [-0.3, -0.25) is 0 Å². The van der Waals surface area contributed by atoms with Crippen molar-refractivity contribution in [3.8, 4) is 23.0 Å². The fourth-order valence-electron chi connectivity index (χ4n) is 1.64. The first-order valence-electron chi connectivity index (χ1n) is 5.15. The monoisotopic (exact) mass is 340 g/mol. The lowest BCUT2D eigenvalue weighted by atomic mass is 10.3. The molecule has 0 amide bonds. The molecule has 0 atom stereocenters. The molecule has 2 aromatic carbocycles. The zero-order valence-corrected chi connectivity index (χ0v) is 11.0. The standard InChI is InChI=1S/C13H9IO3/c14-9-6-11-13(16-8-15-11)12(7-9)17-10-4-2-1-3-5-10/h1-7H,8H2. The number of ether oxygens (including phenoxy) is 3. The topological polar surface area (TPSA) is 27.7 Å². The normalized spacial score (nSPS) is 12.5. The smallest absolute Gasteiger partial charge is 0.231 e. The van der Waals surface area contributed by atoms with Crippen molar-refractivity contribution < 1.29 is 14.2 Å². The Bertz CT molecular complexity index is 540. The van der Waals surface area contributed by atoms with E-state index >= 15 is 0 Å². The maximum Gasteiger partial charge on any atom is 0.231 e. The second-order valence-electron chi connectivity index (χ2n) is 3.55. The van der Waals surface area contributed by atoms with Gasteiger partial charge < -0.3 is 14.2 Å². The third kappa shape index (κ3) is 2.17. The van der Waals surface area contributed by atoms with Crippen molar-refractivity contribution in [2.24, 2.45) is 0 Å². The van der Waals surface area contributed by atoms with Crippen LogP contribution < -0.4 is 14.2 Å². The zero-order valence-electron chi connectivity index (χ0n) is 8.85. The Labute approximate surface area is 112 Å². The van der Waals surface area contributed by atoms with Crippen LogP contribution in [0, 0.1) is 3.57 Å². The summed E-state index contributed by atoms with van der Waals surface area (Å²) in [7, 11) is 0. The molecule has 17 heavy (non-hydrogen) atoms. The largest absolute Gasteiger partial charge is 0.453 e. The quantitative estimate of drug-likeness (QED) is 0.778. The van der Waals surface area contributed by atoms with E-state index in [-0.39, 0.29) is 6.79 Å². The van der Waals surface area contributed by atoms with Crippen molar-refractivity contribution in [1.82, 2.24) is 0 Å². The van der Waals surface area contributed by atoms with Crippen molar-refractivity contribution in [2.75, 3.05) is 6.79 Å². The molecule has 86 valence electrons. The highest BCUT2D eigenvalue weighted by Crippen LogP contribution is 2.43. The highest BCUT2D eigenvalue weighted by atomic mass is 127. The second kappa shape index (κ2) is 4.44. The summed E-state index contributed by atoms with van der Waals surface area (Å²) in [5.74, 6) is 2.89. The zero-order chi connectivity index (χ0) is 11.7. The minimum absolute atomic E-state index is 0.251. The van der Waals surface area contributed by atoms with Gasteiger partial charge in [-0.1, -0.05) is 18.2 Å². The molecule has 0 aromatic heterocycles. The SMILES string of the molecule is Ic1cc2c(c(Oc3ccccc3)c1)OCO2. The van der Waals surface area contributed by atoms with Crippen LogP contribution in [-0.2, 0) is 0 Å². The molecular weight excluding hydrogens is 331 g/mol. The van der Waals surface area contributed by atoms with Crippen LogP contribution in [0.25, 0.3) is 0 Å². The lowest BCUT2D eigenvalue weighted by Crippen LogP contribution is -1.93. The molecule has 2 aromatic rings. The number of hydrogen-bond acceptors (Lipinski definition) is 3. The molecule has 4 heteroatoms. The van der Waals surface area contributed by atoms with Gasteiger partial charge in [-0.15, -0.1) is 0 Å². The Hall–Kier alpha value is -1.43. The van der Waals surface area contributed by atoms with Gasteiger partial charge in [0.25, 0.3) is 0 Å². The van der Waals surface area contributed by atoms with Crippen molar-refractivity contribution >= 4 is 22.6 Å². The van der Waals surface area contributed by atoms with E-state index in [9.17, 15) is 0 Å².